The summed E-state index contributed by atoms with van der Waals surface area (Å²) in [5, 5.41) is 4.80. The van der Waals surface area contributed by atoms with Crippen LogP contribution in [-0.4, -0.2) is 30.2 Å². The van der Waals surface area contributed by atoms with Gasteiger partial charge in [-0.2, -0.15) is 0 Å². The summed E-state index contributed by atoms with van der Waals surface area (Å²) in [5.74, 6) is -2.63. The largest absolute Gasteiger partial charge is 0.462 e. The lowest BCUT2D eigenvalue weighted by Gasteiger charge is -2.10. The fourth-order valence-corrected chi connectivity index (χ4v) is 2.16. The molecule has 2 rings (SSSR count). The zero-order chi connectivity index (χ0) is 19.1. The summed E-state index contributed by atoms with van der Waals surface area (Å²) in [6.45, 7) is 3.26. The van der Waals surface area contributed by atoms with Gasteiger partial charge in [-0.3, -0.25) is 14.4 Å². The molecule has 0 aliphatic rings. The average Bonchev–Trinajstić information content (AvgIpc) is 2.62. The van der Waals surface area contributed by atoms with E-state index in [9.17, 15) is 19.2 Å². The average molecular weight is 354 g/mol. The molecular formula is C19H18N2O5. The van der Waals surface area contributed by atoms with Crippen LogP contribution < -0.4 is 10.6 Å². The number of carbonyl (C=O) groups is 4. The van der Waals surface area contributed by atoms with E-state index in [1.54, 1.807) is 37.3 Å². The van der Waals surface area contributed by atoms with Crippen LogP contribution >= 0.6 is 0 Å². The summed E-state index contributed by atoms with van der Waals surface area (Å²) in [7, 11) is 0. The molecule has 0 aliphatic carbocycles. The summed E-state index contributed by atoms with van der Waals surface area (Å²) in [5.41, 5.74) is 1.05. The quantitative estimate of drug-likeness (QED) is 0.488. The number of para-hydroxylation sites is 1. The molecule has 0 aliphatic heterocycles. The van der Waals surface area contributed by atoms with Crippen molar-refractivity contribution in [2.45, 2.75) is 13.8 Å². The highest BCUT2D eigenvalue weighted by Gasteiger charge is 2.18. The van der Waals surface area contributed by atoms with Gasteiger partial charge in [-0.15, -0.1) is 0 Å². The van der Waals surface area contributed by atoms with E-state index < -0.39 is 17.8 Å². The minimum Gasteiger partial charge on any atom is -0.462 e. The molecule has 7 heteroatoms. The number of anilines is 2. The highest BCUT2D eigenvalue weighted by molar-refractivity contribution is 6.44. The van der Waals surface area contributed by atoms with E-state index in [1.165, 1.54) is 25.1 Å². The number of benzene rings is 2. The van der Waals surface area contributed by atoms with E-state index >= 15 is 0 Å². The first-order chi connectivity index (χ1) is 12.4. The van der Waals surface area contributed by atoms with Gasteiger partial charge >= 0.3 is 17.8 Å². The Kier molecular flexibility index (Phi) is 6.21. The van der Waals surface area contributed by atoms with E-state index in [4.69, 9.17) is 4.74 Å². The second kappa shape index (κ2) is 8.57. The van der Waals surface area contributed by atoms with Crippen molar-refractivity contribution in [3.8, 4) is 0 Å². The van der Waals surface area contributed by atoms with Crippen molar-refractivity contribution in [1.82, 2.24) is 0 Å². The molecule has 0 unspecified atom stereocenters. The van der Waals surface area contributed by atoms with Crippen molar-refractivity contribution in [2.75, 3.05) is 17.2 Å². The summed E-state index contributed by atoms with van der Waals surface area (Å²) in [6, 6.07) is 12.5. The maximum Gasteiger partial charge on any atom is 0.340 e. The zero-order valence-corrected chi connectivity index (χ0v) is 14.4. The van der Waals surface area contributed by atoms with Gasteiger partial charge in [0, 0.05) is 11.3 Å². The van der Waals surface area contributed by atoms with Gasteiger partial charge in [0.25, 0.3) is 0 Å². The summed E-state index contributed by atoms with van der Waals surface area (Å²) >= 11 is 0. The molecule has 2 N–H and O–H groups in total. The zero-order valence-electron chi connectivity index (χ0n) is 14.4. The molecule has 0 bridgehead atoms. The second-order valence-electron chi connectivity index (χ2n) is 5.31. The molecule has 0 aromatic heterocycles. The molecule has 26 heavy (non-hydrogen) atoms. The van der Waals surface area contributed by atoms with E-state index in [0.717, 1.165) is 0 Å². The van der Waals surface area contributed by atoms with Gasteiger partial charge in [0.15, 0.2) is 5.78 Å². The molecule has 0 spiro atoms. The number of carbonyl (C=O) groups excluding carboxylic acids is 4. The number of hydrogen-bond acceptors (Lipinski definition) is 5. The monoisotopic (exact) mass is 354 g/mol. The molecular weight excluding hydrogens is 336 g/mol. The van der Waals surface area contributed by atoms with Gasteiger partial charge in [-0.1, -0.05) is 24.3 Å². The van der Waals surface area contributed by atoms with Gasteiger partial charge < -0.3 is 15.4 Å². The molecule has 2 aromatic rings. The molecule has 0 fully saturated rings. The van der Waals surface area contributed by atoms with Gasteiger partial charge in [0.2, 0.25) is 0 Å². The number of ether oxygens (including phenoxy) is 1. The summed E-state index contributed by atoms with van der Waals surface area (Å²) < 4.78 is 4.92. The van der Waals surface area contributed by atoms with Crippen LogP contribution in [0.25, 0.3) is 0 Å². The molecule has 0 radical (unpaired) electrons. The molecule has 134 valence electrons. The SMILES string of the molecule is CCOC(=O)c1ccccc1NC(=O)C(=O)Nc1cccc(C(C)=O)c1. The third-order valence-electron chi connectivity index (χ3n) is 3.40. The lowest BCUT2D eigenvalue weighted by Crippen LogP contribution is -2.29. The Bertz CT molecular complexity index is 861. The summed E-state index contributed by atoms with van der Waals surface area (Å²) in [4.78, 5) is 47.5. The minimum absolute atomic E-state index is 0.147. The Morgan fingerprint density at radius 3 is 2.31 bits per heavy atom. The lowest BCUT2D eigenvalue weighted by atomic mass is 10.1. The van der Waals surface area contributed by atoms with E-state index in [0.29, 0.717) is 11.3 Å². The predicted octanol–water partition coefficient (Wildman–Crippen LogP) is 2.64. The fourth-order valence-electron chi connectivity index (χ4n) is 2.16. The Labute approximate surface area is 150 Å². The first kappa shape index (κ1) is 18.9. The topological polar surface area (TPSA) is 102 Å². The number of Topliss-reactive ketones (excluding diaryl/α,β-unsaturated/α-hetero) is 1. The van der Waals surface area contributed by atoms with Crippen LogP contribution in [0.3, 0.4) is 0 Å². The number of esters is 1. The van der Waals surface area contributed by atoms with Gasteiger partial charge in [-0.05, 0) is 38.1 Å². The van der Waals surface area contributed by atoms with Gasteiger partial charge in [0.1, 0.15) is 0 Å². The smallest absolute Gasteiger partial charge is 0.340 e. The number of nitrogens with one attached hydrogen (secondary N) is 2. The van der Waals surface area contributed by atoms with E-state index in [2.05, 4.69) is 10.6 Å². The number of ketones is 1. The van der Waals surface area contributed by atoms with Crippen LogP contribution in [0.5, 0.6) is 0 Å². The van der Waals surface area contributed by atoms with Crippen molar-refractivity contribution in [3.63, 3.8) is 0 Å². The van der Waals surface area contributed by atoms with Crippen LogP contribution in [0.1, 0.15) is 34.6 Å². The highest BCUT2D eigenvalue weighted by atomic mass is 16.5. The van der Waals surface area contributed by atoms with Crippen LogP contribution in [0.15, 0.2) is 48.5 Å². The minimum atomic E-state index is -0.949. The van der Waals surface area contributed by atoms with Crippen LogP contribution in [0, 0.1) is 0 Å². The number of rotatable bonds is 5. The second-order valence-corrected chi connectivity index (χ2v) is 5.31. The third kappa shape index (κ3) is 4.76. The molecule has 0 saturated carbocycles. The van der Waals surface area contributed by atoms with Crippen molar-refractivity contribution in [1.29, 1.82) is 0 Å². The summed E-state index contributed by atoms with van der Waals surface area (Å²) in [6.07, 6.45) is 0. The third-order valence-corrected chi connectivity index (χ3v) is 3.40. The maximum atomic E-state index is 12.1. The Morgan fingerprint density at radius 2 is 1.62 bits per heavy atom. The molecule has 2 amide bonds. The lowest BCUT2D eigenvalue weighted by molar-refractivity contribution is -0.133. The number of hydrogen-bond donors (Lipinski definition) is 2. The molecule has 0 saturated heterocycles. The Balaban J connectivity index is 2.11. The Hall–Kier alpha value is -3.48. The molecule has 0 atom stereocenters. The number of amides is 2. The normalized spacial score (nSPS) is 9.92. The predicted molar refractivity (Wildman–Crippen MR) is 96.1 cm³/mol. The fraction of sp³-hybridized carbons (Fsp3) is 0.158. The van der Waals surface area contributed by atoms with Crippen LogP contribution in [0.2, 0.25) is 0 Å². The van der Waals surface area contributed by atoms with Gasteiger partial charge in [0.05, 0.1) is 17.9 Å². The van der Waals surface area contributed by atoms with Crippen molar-refractivity contribution in [3.05, 3.63) is 59.7 Å². The Morgan fingerprint density at radius 1 is 0.923 bits per heavy atom. The standard InChI is InChI=1S/C19H18N2O5/c1-3-26-19(25)15-9-4-5-10-16(15)21-18(24)17(23)20-14-8-6-7-13(11-14)12(2)22/h4-11H,3H2,1-2H3,(H,20,23)(H,21,24). The van der Waals surface area contributed by atoms with E-state index in [1.807, 2.05) is 0 Å². The van der Waals surface area contributed by atoms with Crippen molar-refractivity contribution < 1.29 is 23.9 Å². The van der Waals surface area contributed by atoms with Crippen molar-refractivity contribution in [2.24, 2.45) is 0 Å². The van der Waals surface area contributed by atoms with Crippen LogP contribution in [-0.2, 0) is 14.3 Å². The van der Waals surface area contributed by atoms with E-state index in [-0.39, 0.29) is 23.6 Å². The maximum absolute atomic E-state index is 12.1. The molecule has 2 aromatic carbocycles. The first-order valence-corrected chi connectivity index (χ1v) is 7.92. The first-order valence-electron chi connectivity index (χ1n) is 7.92. The van der Waals surface area contributed by atoms with Gasteiger partial charge in [-0.25, -0.2) is 4.79 Å². The molecule has 7 nitrogen and oxygen atoms in total. The highest BCUT2D eigenvalue weighted by Crippen LogP contribution is 2.17. The molecule has 0 heterocycles. The van der Waals surface area contributed by atoms with Crippen LogP contribution in [0.4, 0.5) is 11.4 Å². The van der Waals surface area contributed by atoms with Crippen molar-refractivity contribution >= 4 is 34.9 Å².